The molecule has 114 valence electrons. The number of hydrogen-bond donors (Lipinski definition) is 0. The molecule has 1 aromatic carbocycles. The number of esters is 1. The van der Waals surface area contributed by atoms with Gasteiger partial charge in [0.25, 0.3) is 0 Å². The standard InChI is InChI=1S/C15H18FNO4/c1-15(2,3)21-14(18)8-7-13(17(19)20)10-11-5-4-6-12(16)9-11/h4-6,9-10H,7-8H2,1-3H3/b13-10-. The van der Waals surface area contributed by atoms with E-state index in [9.17, 15) is 19.3 Å². The zero-order chi connectivity index (χ0) is 16.0. The SMILES string of the molecule is CC(C)(C)OC(=O)CC/C(=C/c1cccc(F)c1)[N+](=O)[O-]. The van der Waals surface area contributed by atoms with Gasteiger partial charge in [-0.15, -0.1) is 0 Å². The van der Waals surface area contributed by atoms with Crippen molar-refractivity contribution in [3.8, 4) is 0 Å². The number of hydrogen-bond acceptors (Lipinski definition) is 4. The van der Waals surface area contributed by atoms with Crippen molar-refractivity contribution in [2.75, 3.05) is 0 Å². The van der Waals surface area contributed by atoms with Crippen LogP contribution in [0.1, 0.15) is 39.2 Å². The largest absolute Gasteiger partial charge is 0.460 e. The van der Waals surface area contributed by atoms with Gasteiger partial charge in [0.15, 0.2) is 0 Å². The van der Waals surface area contributed by atoms with Crippen molar-refractivity contribution < 1.29 is 18.8 Å². The fourth-order valence-electron chi connectivity index (χ4n) is 1.63. The van der Waals surface area contributed by atoms with E-state index in [1.54, 1.807) is 26.8 Å². The molecular formula is C15H18FNO4. The van der Waals surface area contributed by atoms with Gasteiger partial charge in [0, 0.05) is 12.5 Å². The molecule has 0 fully saturated rings. The Labute approximate surface area is 122 Å². The third kappa shape index (κ3) is 6.65. The molecule has 21 heavy (non-hydrogen) atoms. The van der Waals surface area contributed by atoms with Gasteiger partial charge in [-0.1, -0.05) is 12.1 Å². The van der Waals surface area contributed by atoms with Crippen molar-refractivity contribution in [2.45, 2.75) is 39.2 Å². The second-order valence-electron chi connectivity index (χ2n) is 5.53. The van der Waals surface area contributed by atoms with Gasteiger partial charge >= 0.3 is 5.97 Å². The van der Waals surface area contributed by atoms with Crippen molar-refractivity contribution in [2.24, 2.45) is 0 Å². The summed E-state index contributed by atoms with van der Waals surface area (Å²) in [4.78, 5) is 22.0. The van der Waals surface area contributed by atoms with Crippen LogP contribution in [0.2, 0.25) is 0 Å². The zero-order valence-electron chi connectivity index (χ0n) is 12.3. The molecule has 0 atom stereocenters. The molecule has 0 unspecified atom stereocenters. The second kappa shape index (κ2) is 6.97. The summed E-state index contributed by atoms with van der Waals surface area (Å²) in [5.74, 6) is -0.979. The van der Waals surface area contributed by atoms with Crippen LogP contribution >= 0.6 is 0 Å². The molecule has 0 spiro atoms. The Morgan fingerprint density at radius 2 is 2.05 bits per heavy atom. The maximum atomic E-state index is 13.0. The number of nitrogens with zero attached hydrogens (tertiary/aromatic N) is 1. The third-order valence-corrected chi connectivity index (χ3v) is 2.42. The number of carbonyl (C=O) groups is 1. The van der Waals surface area contributed by atoms with E-state index >= 15 is 0 Å². The van der Waals surface area contributed by atoms with Gasteiger partial charge in [-0.25, -0.2) is 4.39 Å². The van der Waals surface area contributed by atoms with Gasteiger partial charge in [-0.3, -0.25) is 14.9 Å². The monoisotopic (exact) mass is 295 g/mol. The van der Waals surface area contributed by atoms with Gasteiger partial charge in [0.1, 0.15) is 11.4 Å². The first-order chi connectivity index (χ1) is 9.67. The minimum absolute atomic E-state index is 0.0710. The van der Waals surface area contributed by atoms with Crippen LogP contribution < -0.4 is 0 Å². The van der Waals surface area contributed by atoms with Crippen molar-refractivity contribution >= 4 is 12.0 Å². The highest BCUT2D eigenvalue weighted by atomic mass is 19.1. The number of rotatable bonds is 5. The van der Waals surface area contributed by atoms with E-state index in [1.165, 1.54) is 24.3 Å². The molecule has 0 N–H and O–H groups in total. The van der Waals surface area contributed by atoms with Gasteiger partial charge in [-0.05, 0) is 38.5 Å². The smallest absolute Gasteiger partial charge is 0.306 e. The first kappa shape index (κ1) is 16.8. The molecular weight excluding hydrogens is 277 g/mol. The maximum absolute atomic E-state index is 13.0. The highest BCUT2D eigenvalue weighted by Crippen LogP contribution is 2.16. The molecule has 1 rings (SSSR count). The van der Waals surface area contributed by atoms with E-state index in [0.29, 0.717) is 5.56 Å². The van der Waals surface area contributed by atoms with Crippen molar-refractivity contribution in [1.82, 2.24) is 0 Å². The summed E-state index contributed by atoms with van der Waals surface area (Å²) >= 11 is 0. The van der Waals surface area contributed by atoms with E-state index in [-0.39, 0.29) is 18.5 Å². The summed E-state index contributed by atoms with van der Waals surface area (Å²) in [5.41, 5.74) is -0.407. The molecule has 0 saturated carbocycles. The molecule has 0 radical (unpaired) electrons. The van der Waals surface area contributed by atoms with Crippen molar-refractivity contribution in [3.05, 3.63) is 51.5 Å². The van der Waals surface area contributed by atoms with Gasteiger partial charge < -0.3 is 4.74 Å². The Morgan fingerprint density at radius 1 is 1.38 bits per heavy atom. The molecule has 5 nitrogen and oxygen atoms in total. The zero-order valence-corrected chi connectivity index (χ0v) is 12.3. The number of nitro groups is 1. The Balaban J connectivity index is 2.75. The number of halogens is 1. The van der Waals surface area contributed by atoms with E-state index in [2.05, 4.69) is 0 Å². The average molecular weight is 295 g/mol. The first-order valence-corrected chi connectivity index (χ1v) is 6.50. The lowest BCUT2D eigenvalue weighted by Gasteiger charge is -2.19. The molecule has 0 bridgehead atoms. The predicted octanol–water partition coefficient (Wildman–Crippen LogP) is 3.57. The number of ether oxygens (including phenoxy) is 1. The Morgan fingerprint density at radius 3 is 2.57 bits per heavy atom. The number of benzene rings is 1. The topological polar surface area (TPSA) is 69.4 Å². The summed E-state index contributed by atoms with van der Waals surface area (Å²) in [6.45, 7) is 5.17. The van der Waals surface area contributed by atoms with Crippen LogP contribution in [0.15, 0.2) is 30.0 Å². The summed E-state index contributed by atoms with van der Waals surface area (Å²) in [6, 6.07) is 5.47. The molecule has 0 aliphatic carbocycles. The molecule has 1 aromatic rings. The van der Waals surface area contributed by atoms with Crippen molar-refractivity contribution in [1.29, 1.82) is 0 Å². The van der Waals surface area contributed by atoms with E-state index in [1.807, 2.05) is 0 Å². The summed E-state index contributed by atoms with van der Waals surface area (Å²) in [5, 5.41) is 11.0. The van der Waals surface area contributed by atoms with E-state index in [4.69, 9.17) is 4.74 Å². The fourth-order valence-corrected chi connectivity index (χ4v) is 1.63. The Kier molecular flexibility index (Phi) is 5.58. The van der Waals surface area contributed by atoms with Crippen molar-refractivity contribution in [3.63, 3.8) is 0 Å². The molecule has 0 heterocycles. The maximum Gasteiger partial charge on any atom is 0.306 e. The van der Waals surface area contributed by atoms with E-state index < -0.39 is 22.3 Å². The van der Waals surface area contributed by atoms with Crippen LogP contribution in [0, 0.1) is 15.9 Å². The summed E-state index contributed by atoms with van der Waals surface area (Å²) in [7, 11) is 0. The molecule has 0 amide bonds. The lowest BCUT2D eigenvalue weighted by atomic mass is 10.1. The van der Waals surface area contributed by atoms with Gasteiger partial charge in [0.2, 0.25) is 5.70 Å². The molecule has 0 aromatic heterocycles. The first-order valence-electron chi connectivity index (χ1n) is 6.50. The average Bonchev–Trinajstić information content (AvgIpc) is 2.32. The minimum Gasteiger partial charge on any atom is -0.460 e. The molecule has 0 aliphatic heterocycles. The molecule has 0 saturated heterocycles. The van der Waals surface area contributed by atoms with Gasteiger partial charge in [0.05, 0.1) is 11.3 Å². The molecule has 0 aliphatic rings. The van der Waals surface area contributed by atoms with Gasteiger partial charge in [-0.2, -0.15) is 0 Å². The highest BCUT2D eigenvalue weighted by molar-refractivity contribution is 5.70. The van der Waals surface area contributed by atoms with Crippen LogP contribution in [0.5, 0.6) is 0 Å². The third-order valence-electron chi connectivity index (χ3n) is 2.42. The van der Waals surface area contributed by atoms with Crippen LogP contribution in [-0.2, 0) is 9.53 Å². The fraction of sp³-hybridized carbons (Fsp3) is 0.400. The quantitative estimate of drug-likeness (QED) is 0.473. The summed E-state index contributed by atoms with van der Waals surface area (Å²) < 4.78 is 18.1. The Bertz CT molecular complexity index is 561. The number of carbonyl (C=O) groups excluding carboxylic acids is 1. The predicted molar refractivity (Wildman–Crippen MR) is 76.5 cm³/mol. The number of allylic oxidation sites excluding steroid dienone is 1. The second-order valence-corrected chi connectivity index (χ2v) is 5.53. The van der Waals surface area contributed by atoms with E-state index in [0.717, 1.165) is 0 Å². The molecule has 6 heteroatoms. The van der Waals surface area contributed by atoms with Crippen LogP contribution in [-0.4, -0.2) is 16.5 Å². The summed E-state index contributed by atoms with van der Waals surface area (Å²) in [6.07, 6.45) is 1.09. The van der Waals surface area contributed by atoms with Crippen LogP contribution in [0.4, 0.5) is 4.39 Å². The lowest BCUT2D eigenvalue weighted by molar-refractivity contribution is -0.426. The Hall–Kier alpha value is -2.24. The highest BCUT2D eigenvalue weighted by Gasteiger charge is 2.19. The normalized spacial score (nSPS) is 12.1. The van der Waals surface area contributed by atoms with Crippen LogP contribution in [0.3, 0.4) is 0 Å². The minimum atomic E-state index is -0.627. The van der Waals surface area contributed by atoms with Crippen LogP contribution in [0.25, 0.3) is 6.08 Å². The lowest BCUT2D eigenvalue weighted by Crippen LogP contribution is -2.23.